The predicted octanol–water partition coefficient (Wildman–Crippen LogP) is 7.93. The second kappa shape index (κ2) is 5.36. The van der Waals surface area contributed by atoms with Crippen LogP contribution in [0.25, 0.3) is 64.9 Å². The van der Waals surface area contributed by atoms with Crippen LogP contribution in [0.15, 0.2) is 97.1 Å². The van der Waals surface area contributed by atoms with Gasteiger partial charge in [0.2, 0.25) is 0 Å². The highest BCUT2D eigenvalue weighted by Crippen LogP contribution is 2.43. The van der Waals surface area contributed by atoms with Crippen LogP contribution in [0.4, 0.5) is 0 Å². The number of H-pyrrole nitrogens is 1. The van der Waals surface area contributed by atoms with Crippen molar-refractivity contribution in [1.82, 2.24) is 4.98 Å². The van der Waals surface area contributed by atoms with Crippen molar-refractivity contribution in [2.24, 2.45) is 0 Å². The maximum Gasteiger partial charge on any atom is 0.0551 e. The molecule has 29 heavy (non-hydrogen) atoms. The van der Waals surface area contributed by atoms with E-state index >= 15 is 0 Å². The van der Waals surface area contributed by atoms with Gasteiger partial charge in [0.15, 0.2) is 0 Å². The Morgan fingerprint density at radius 3 is 1.72 bits per heavy atom. The molecule has 0 unspecified atom stereocenters. The molecule has 0 spiro atoms. The van der Waals surface area contributed by atoms with Crippen LogP contribution in [0.5, 0.6) is 0 Å². The van der Waals surface area contributed by atoms with Crippen molar-refractivity contribution in [1.29, 1.82) is 0 Å². The molecule has 0 aliphatic rings. The monoisotopic (exact) mass is 367 g/mol. The molecule has 0 bridgehead atoms. The topological polar surface area (TPSA) is 15.8 Å². The normalized spacial score (nSPS) is 12.1. The summed E-state index contributed by atoms with van der Waals surface area (Å²) >= 11 is 0. The summed E-state index contributed by atoms with van der Waals surface area (Å²) in [6, 6.07) is 35.2. The van der Waals surface area contributed by atoms with Crippen LogP contribution >= 0.6 is 0 Å². The third-order valence-electron chi connectivity index (χ3n) is 6.35. The number of nitrogens with one attached hydrogen (secondary N) is 1. The second-order valence-corrected chi connectivity index (χ2v) is 7.84. The maximum atomic E-state index is 3.74. The number of benzene rings is 6. The Bertz CT molecular complexity index is 1750. The lowest BCUT2D eigenvalue weighted by molar-refractivity contribution is 1.57. The van der Waals surface area contributed by atoms with Crippen molar-refractivity contribution in [3.8, 4) is 0 Å². The summed E-state index contributed by atoms with van der Waals surface area (Å²) in [7, 11) is 0. The fourth-order valence-electron chi connectivity index (χ4n) is 5.12. The molecule has 1 heteroatoms. The van der Waals surface area contributed by atoms with E-state index in [9.17, 15) is 0 Å². The zero-order valence-electron chi connectivity index (χ0n) is 15.7. The molecule has 0 fully saturated rings. The van der Waals surface area contributed by atoms with Gasteiger partial charge >= 0.3 is 0 Å². The number of hydrogen-bond acceptors (Lipinski definition) is 0. The van der Waals surface area contributed by atoms with Crippen LogP contribution in [-0.4, -0.2) is 4.98 Å². The molecular formula is C28H17N. The standard InChI is InChI=1S/C28H17N/c1-3-9-19-17(7-1)14-16-23-25(19)22-15-13-18-8-2-4-10-20(18)26(22)27-21-11-5-6-12-24(21)29-28(23)27/h1-16,29H. The highest BCUT2D eigenvalue weighted by atomic mass is 14.7. The van der Waals surface area contributed by atoms with Crippen LogP contribution in [0.3, 0.4) is 0 Å². The molecule has 1 aromatic heterocycles. The summed E-state index contributed by atoms with van der Waals surface area (Å²) in [5, 5.41) is 13.1. The van der Waals surface area contributed by atoms with Gasteiger partial charge in [-0.15, -0.1) is 0 Å². The van der Waals surface area contributed by atoms with Gasteiger partial charge in [0.1, 0.15) is 0 Å². The van der Waals surface area contributed by atoms with Crippen LogP contribution < -0.4 is 0 Å². The number of rotatable bonds is 0. The third kappa shape index (κ3) is 1.89. The fourth-order valence-corrected chi connectivity index (χ4v) is 5.12. The summed E-state index contributed by atoms with van der Waals surface area (Å²) in [5.74, 6) is 0. The molecule has 1 heterocycles. The Hall–Kier alpha value is -3.84. The molecule has 7 aromatic rings. The summed E-state index contributed by atoms with van der Waals surface area (Å²) in [6.45, 7) is 0. The molecular weight excluding hydrogens is 350 g/mol. The minimum atomic E-state index is 1.19. The van der Waals surface area contributed by atoms with E-state index in [0.717, 1.165) is 0 Å². The van der Waals surface area contributed by atoms with E-state index < -0.39 is 0 Å². The van der Waals surface area contributed by atoms with E-state index in [4.69, 9.17) is 0 Å². The molecule has 134 valence electrons. The quantitative estimate of drug-likeness (QED) is 0.262. The van der Waals surface area contributed by atoms with Crippen molar-refractivity contribution in [2.45, 2.75) is 0 Å². The van der Waals surface area contributed by atoms with Gasteiger partial charge in [-0.25, -0.2) is 0 Å². The highest BCUT2D eigenvalue weighted by molar-refractivity contribution is 6.39. The first-order valence-corrected chi connectivity index (χ1v) is 10.1. The van der Waals surface area contributed by atoms with Gasteiger partial charge in [0.25, 0.3) is 0 Å². The Kier molecular flexibility index (Phi) is 2.80. The minimum Gasteiger partial charge on any atom is -0.354 e. The van der Waals surface area contributed by atoms with Gasteiger partial charge in [-0.3, -0.25) is 0 Å². The van der Waals surface area contributed by atoms with Crippen molar-refractivity contribution in [2.75, 3.05) is 0 Å². The SMILES string of the molecule is c1ccc2c(c1)ccc1c3[nH]c4ccccc4c3c3c4ccccc4ccc3c21. The number of aromatic amines is 1. The van der Waals surface area contributed by atoms with Crippen LogP contribution in [0.1, 0.15) is 0 Å². The van der Waals surface area contributed by atoms with Gasteiger partial charge in [0.05, 0.1) is 5.52 Å². The lowest BCUT2D eigenvalue weighted by Crippen LogP contribution is -1.85. The average molecular weight is 367 g/mol. The lowest BCUT2D eigenvalue weighted by atomic mass is 9.90. The van der Waals surface area contributed by atoms with E-state index in [1.807, 2.05) is 0 Å². The zero-order chi connectivity index (χ0) is 18.9. The summed E-state index contributed by atoms with van der Waals surface area (Å²) in [5.41, 5.74) is 2.42. The molecule has 0 radical (unpaired) electrons. The van der Waals surface area contributed by atoms with Crippen molar-refractivity contribution < 1.29 is 0 Å². The van der Waals surface area contributed by atoms with Gasteiger partial charge in [-0.05, 0) is 38.4 Å². The van der Waals surface area contributed by atoms with Gasteiger partial charge in [-0.2, -0.15) is 0 Å². The van der Waals surface area contributed by atoms with Gasteiger partial charge in [-0.1, -0.05) is 91.0 Å². The van der Waals surface area contributed by atoms with E-state index in [0.29, 0.717) is 0 Å². The Balaban J connectivity index is 1.94. The maximum absolute atomic E-state index is 3.74. The lowest BCUT2D eigenvalue weighted by Gasteiger charge is -2.13. The smallest absolute Gasteiger partial charge is 0.0551 e. The van der Waals surface area contributed by atoms with Crippen molar-refractivity contribution in [3.05, 3.63) is 97.1 Å². The largest absolute Gasteiger partial charge is 0.354 e. The molecule has 6 aromatic carbocycles. The van der Waals surface area contributed by atoms with Crippen molar-refractivity contribution in [3.63, 3.8) is 0 Å². The van der Waals surface area contributed by atoms with Crippen LogP contribution in [0.2, 0.25) is 0 Å². The molecule has 0 atom stereocenters. The minimum absolute atomic E-state index is 1.19. The molecule has 1 nitrogen and oxygen atoms in total. The Morgan fingerprint density at radius 1 is 0.379 bits per heavy atom. The average Bonchev–Trinajstić information content (AvgIpc) is 3.18. The van der Waals surface area contributed by atoms with E-state index in [1.54, 1.807) is 0 Å². The summed E-state index contributed by atoms with van der Waals surface area (Å²) in [4.78, 5) is 3.74. The Labute approximate surface area is 167 Å². The van der Waals surface area contributed by atoms with Crippen LogP contribution in [-0.2, 0) is 0 Å². The molecule has 0 amide bonds. The molecule has 0 aliphatic carbocycles. The number of hydrogen-bond donors (Lipinski definition) is 1. The van der Waals surface area contributed by atoms with E-state index in [2.05, 4.69) is 102 Å². The van der Waals surface area contributed by atoms with Gasteiger partial charge < -0.3 is 4.98 Å². The van der Waals surface area contributed by atoms with Crippen molar-refractivity contribution >= 4 is 64.9 Å². The number of fused-ring (bicyclic) bond motifs is 12. The molecule has 0 aliphatic heterocycles. The second-order valence-electron chi connectivity index (χ2n) is 7.84. The van der Waals surface area contributed by atoms with Gasteiger partial charge in [0, 0.05) is 27.1 Å². The zero-order valence-corrected chi connectivity index (χ0v) is 15.7. The summed E-state index contributed by atoms with van der Waals surface area (Å²) < 4.78 is 0. The first-order chi connectivity index (χ1) is 14.4. The van der Waals surface area contributed by atoms with E-state index in [1.165, 1.54) is 64.9 Å². The molecule has 1 N–H and O–H groups in total. The van der Waals surface area contributed by atoms with E-state index in [-0.39, 0.29) is 0 Å². The number of para-hydroxylation sites is 1. The first-order valence-electron chi connectivity index (χ1n) is 10.1. The predicted molar refractivity (Wildman–Crippen MR) is 126 cm³/mol. The fraction of sp³-hybridized carbons (Fsp3) is 0. The summed E-state index contributed by atoms with van der Waals surface area (Å²) in [6.07, 6.45) is 0. The molecule has 0 saturated heterocycles. The first kappa shape index (κ1) is 15.1. The number of aromatic nitrogens is 1. The third-order valence-corrected chi connectivity index (χ3v) is 6.35. The Morgan fingerprint density at radius 2 is 0.966 bits per heavy atom. The molecule has 0 saturated carbocycles. The highest BCUT2D eigenvalue weighted by Gasteiger charge is 2.16. The van der Waals surface area contributed by atoms with Crippen LogP contribution in [0, 0.1) is 0 Å². The molecule has 7 rings (SSSR count).